The van der Waals surface area contributed by atoms with E-state index in [4.69, 9.17) is 4.74 Å². The fourth-order valence-corrected chi connectivity index (χ4v) is 5.85. The Balaban J connectivity index is 1.52. The van der Waals surface area contributed by atoms with Crippen molar-refractivity contribution in [3.8, 4) is 5.75 Å². The minimum Gasteiger partial charge on any atom is -0.497 e. The highest BCUT2D eigenvalue weighted by Gasteiger charge is 2.34. The number of rotatable bonds is 7. The van der Waals surface area contributed by atoms with Gasteiger partial charge in [0.25, 0.3) is 10.0 Å². The van der Waals surface area contributed by atoms with Crippen molar-refractivity contribution in [2.45, 2.75) is 30.3 Å². The van der Waals surface area contributed by atoms with Crippen molar-refractivity contribution in [2.75, 3.05) is 24.5 Å². The molecule has 1 saturated heterocycles. The molecule has 0 aliphatic carbocycles. The van der Waals surface area contributed by atoms with Crippen LogP contribution in [0, 0.1) is 5.82 Å². The van der Waals surface area contributed by atoms with Gasteiger partial charge in [0.05, 0.1) is 17.7 Å². The highest BCUT2D eigenvalue weighted by Crippen LogP contribution is 2.31. The molecule has 32 heavy (non-hydrogen) atoms. The predicted octanol–water partition coefficient (Wildman–Crippen LogP) is 4.69. The highest BCUT2D eigenvalue weighted by atomic mass is 32.2. The third-order valence-electron chi connectivity index (χ3n) is 5.84. The van der Waals surface area contributed by atoms with Crippen molar-refractivity contribution >= 4 is 15.7 Å². The monoisotopic (exact) mass is 454 g/mol. The second kappa shape index (κ2) is 9.71. The minimum absolute atomic E-state index is 0.100. The summed E-state index contributed by atoms with van der Waals surface area (Å²) in [5.74, 6) is 0.374. The number of halogens is 1. The van der Waals surface area contributed by atoms with E-state index in [1.165, 1.54) is 34.1 Å². The Bertz CT molecular complexity index is 1110. The van der Waals surface area contributed by atoms with Crippen LogP contribution < -0.4 is 9.04 Å². The van der Waals surface area contributed by atoms with Gasteiger partial charge in [0.15, 0.2) is 0 Å². The number of benzene rings is 3. The van der Waals surface area contributed by atoms with Gasteiger partial charge in [0.2, 0.25) is 0 Å². The minimum atomic E-state index is -3.82. The molecule has 1 aliphatic heterocycles. The van der Waals surface area contributed by atoms with Gasteiger partial charge >= 0.3 is 0 Å². The zero-order valence-corrected chi connectivity index (χ0v) is 18.8. The number of ether oxygens (including phenoxy) is 1. The zero-order valence-electron chi connectivity index (χ0n) is 18.0. The quantitative estimate of drug-likeness (QED) is 0.520. The summed E-state index contributed by atoms with van der Waals surface area (Å²) < 4.78 is 47.2. The SMILES string of the molecule is COc1ccc(CN2CCC(N(c3ccccc3)S(=O)(=O)c3ccc(F)cc3)CC2)cc1. The summed E-state index contributed by atoms with van der Waals surface area (Å²) in [6.07, 6.45) is 1.43. The van der Waals surface area contributed by atoms with Gasteiger partial charge in [-0.15, -0.1) is 0 Å². The van der Waals surface area contributed by atoms with E-state index in [9.17, 15) is 12.8 Å². The molecular formula is C25H27FN2O3S. The molecule has 0 spiro atoms. The van der Waals surface area contributed by atoms with Crippen LogP contribution in [0.15, 0.2) is 83.8 Å². The smallest absolute Gasteiger partial charge is 0.264 e. The van der Waals surface area contributed by atoms with Crippen molar-refractivity contribution in [1.82, 2.24) is 4.90 Å². The number of methoxy groups -OCH3 is 1. The Morgan fingerprint density at radius 2 is 1.56 bits per heavy atom. The summed E-state index contributed by atoms with van der Waals surface area (Å²) in [5.41, 5.74) is 1.83. The maximum atomic E-state index is 13.6. The van der Waals surface area contributed by atoms with E-state index in [1.54, 1.807) is 7.11 Å². The molecule has 0 N–H and O–H groups in total. The lowest BCUT2D eigenvalue weighted by molar-refractivity contribution is 0.206. The normalized spacial score (nSPS) is 15.4. The first kappa shape index (κ1) is 22.3. The maximum Gasteiger partial charge on any atom is 0.264 e. The molecule has 4 rings (SSSR count). The predicted molar refractivity (Wildman–Crippen MR) is 124 cm³/mol. The fraction of sp³-hybridized carbons (Fsp3) is 0.280. The summed E-state index contributed by atoms with van der Waals surface area (Å²) in [6, 6.07) is 22.0. The fourth-order valence-electron chi connectivity index (χ4n) is 4.14. The highest BCUT2D eigenvalue weighted by molar-refractivity contribution is 7.92. The second-order valence-corrected chi connectivity index (χ2v) is 9.76. The number of hydrogen-bond acceptors (Lipinski definition) is 4. The third kappa shape index (κ3) is 4.95. The molecule has 0 aromatic heterocycles. The molecule has 3 aromatic rings. The molecule has 0 amide bonds. The number of piperidine rings is 1. The van der Waals surface area contributed by atoms with E-state index in [0.717, 1.165) is 25.4 Å². The van der Waals surface area contributed by atoms with Crippen LogP contribution >= 0.6 is 0 Å². The molecule has 5 nitrogen and oxygen atoms in total. The van der Waals surface area contributed by atoms with Gasteiger partial charge in [-0.2, -0.15) is 0 Å². The van der Waals surface area contributed by atoms with Crippen molar-refractivity contribution in [3.63, 3.8) is 0 Å². The Hall–Kier alpha value is -2.90. The molecule has 0 radical (unpaired) electrons. The van der Waals surface area contributed by atoms with E-state index in [0.29, 0.717) is 18.5 Å². The lowest BCUT2D eigenvalue weighted by atomic mass is 10.0. The number of anilines is 1. The Labute approximate surface area is 189 Å². The van der Waals surface area contributed by atoms with Crippen molar-refractivity contribution < 1.29 is 17.5 Å². The molecule has 0 atom stereocenters. The molecule has 0 bridgehead atoms. The molecular weight excluding hydrogens is 427 g/mol. The van der Waals surface area contributed by atoms with Crippen LogP contribution in [-0.4, -0.2) is 39.6 Å². The van der Waals surface area contributed by atoms with Crippen LogP contribution in [0.3, 0.4) is 0 Å². The summed E-state index contributed by atoms with van der Waals surface area (Å²) in [5, 5.41) is 0. The van der Waals surface area contributed by atoms with Crippen molar-refractivity contribution in [1.29, 1.82) is 0 Å². The van der Waals surface area contributed by atoms with Gasteiger partial charge in [-0.25, -0.2) is 12.8 Å². The Kier molecular flexibility index (Phi) is 6.77. The van der Waals surface area contributed by atoms with E-state index in [1.807, 2.05) is 42.5 Å². The number of likely N-dealkylation sites (tertiary alicyclic amines) is 1. The maximum absolute atomic E-state index is 13.6. The summed E-state index contributed by atoms with van der Waals surface area (Å²) in [4.78, 5) is 2.44. The van der Waals surface area contributed by atoms with Crippen molar-refractivity contribution in [2.24, 2.45) is 0 Å². The lowest BCUT2D eigenvalue weighted by Gasteiger charge is -2.39. The van der Waals surface area contributed by atoms with Gasteiger partial charge in [-0.05, 0) is 66.9 Å². The average molecular weight is 455 g/mol. The Morgan fingerprint density at radius 1 is 0.938 bits per heavy atom. The van der Waals surface area contributed by atoms with Gasteiger partial charge in [0, 0.05) is 25.7 Å². The second-order valence-electron chi connectivity index (χ2n) is 7.95. The lowest BCUT2D eigenvalue weighted by Crippen LogP contribution is -2.47. The molecule has 1 aliphatic rings. The molecule has 0 saturated carbocycles. The van der Waals surface area contributed by atoms with Gasteiger partial charge < -0.3 is 4.74 Å². The van der Waals surface area contributed by atoms with Crippen LogP contribution in [0.1, 0.15) is 18.4 Å². The largest absolute Gasteiger partial charge is 0.497 e. The van der Waals surface area contributed by atoms with Crippen LogP contribution in [-0.2, 0) is 16.6 Å². The van der Waals surface area contributed by atoms with Gasteiger partial charge in [-0.1, -0.05) is 30.3 Å². The Morgan fingerprint density at radius 3 is 2.16 bits per heavy atom. The number of para-hydroxylation sites is 1. The van der Waals surface area contributed by atoms with Crippen LogP contribution in [0.5, 0.6) is 5.75 Å². The van der Waals surface area contributed by atoms with Crippen molar-refractivity contribution in [3.05, 3.63) is 90.2 Å². The third-order valence-corrected chi connectivity index (χ3v) is 7.73. The van der Waals surface area contributed by atoms with E-state index >= 15 is 0 Å². The van der Waals surface area contributed by atoms with E-state index < -0.39 is 15.8 Å². The molecule has 168 valence electrons. The average Bonchev–Trinajstić information content (AvgIpc) is 2.82. The van der Waals surface area contributed by atoms with Crippen LogP contribution in [0.4, 0.5) is 10.1 Å². The molecule has 1 heterocycles. The summed E-state index contributed by atoms with van der Waals surface area (Å²) in [6.45, 7) is 2.39. The number of hydrogen-bond donors (Lipinski definition) is 0. The summed E-state index contributed by atoms with van der Waals surface area (Å²) >= 11 is 0. The first-order valence-electron chi connectivity index (χ1n) is 10.7. The summed E-state index contributed by atoms with van der Waals surface area (Å²) in [7, 11) is -2.17. The van der Waals surface area contributed by atoms with E-state index in [2.05, 4.69) is 17.0 Å². The van der Waals surface area contributed by atoms with Gasteiger partial charge in [-0.3, -0.25) is 9.21 Å². The molecule has 3 aromatic carbocycles. The number of sulfonamides is 1. The zero-order chi connectivity index (χ0) is 22.6. The van der Waals surface area contributed by atoms with E-state index in [-0.39, 0.29) is 10.9 Å². The molecule has 1 fully saturated rings. The molecule has 7 heteroatoms. The van der Waals surface area contributed by atoms with Crippen LogP contribution in [0.2, 0.25) is 0 Å². The van der Waals surface area contributed by atoms with Gasteiger partial charge in [0.1, 0.15) is 11.6 Å². The standard InChI is InChI=1S/C25H27FN2O3S/c1-31-24-11-7-20(8-12-24)19-27-17-15-23(16-18-27)28(22-5-3-2-4-6-22)32(29,30)25-13-9-21(26)10-14-25/h2-14,23H,15-19H2,1H3. The van der Waals surface area contributed by atoms with Crippen LogP contribution in [0.25, 0.3) is 0 Å². The first-order valence-corrected chi connectivity index (χ1v) is 12.1. The topological polar surface area (TPSA) is 49.9 Å². The first-order chi connectivity index (χ1) is 15.5. The molecule has 0 unspecified atom stereocenters. The number of nitrogens with zero attached hydrogens (tertiary/aromatic N) is 2.